The van der Waals surface area contributed by atoms with E-state index in [1.165, 1.54) is 19.2 Å². The summed E-state index contributed by atoms with van der Waals surface area (Å²) >= 11 is 0. The van der Waals surface area contributed by atoms with E-state index in [4.69, 9.17) is 9.47 Å². The quantitative estimate of drug-likeness (QED) is 0.359. The maximum atomic E-state index is 12.9. The Bertz CT molecular complexity index is 1140. The Kier molecular flexibility index (Phi) is 7.45. The summed E-state index contributed by atoms with van der Waals surface area (Å²) in [6.45, 7) is 3.66. The molecule has 0 bridgehead atoms. The molecule has 1 heterocycles. The third-order valence-corrected chi connectivity index (χ3v) is 5.21. The number of hydrogen-bond acceptors (Lipinski definition) is 7. The van der Waals surface area contributed by atoms with Crippen LogP contribution in [0, 0.1) is 10.1 Å². The summed E-state index contributed by atoms with van der Waals surface area (Å²) in [5.41, 5.74) is 1.79. The molecule has 9 nitrogen and oxygen atoms in total. The summed E-state index contributed by atoms with van der Waals surface area (Å²) in [6.07, 6.45) is 1.66. The SMILES string of the molecule is COc1ccc(C(C)NC(=O)c2ccc(NC(C)c3ccccn3)c([N+](=O)[O-])c2)c(OC)c1. The van der Waals surface area contributed by atoms with Crippen LogP contribution in [0.4, 0.5) is 11.4 Å². The van der Waals surface area contributed by atoms with Crippen LogP contribution < -0.4 is 20.1 Å². The van der Waals surface area contributed by atoms with Crippen molar-refractivity contribution in [2.45, 2.75) is 25.9 Å². The Labute approximate surface area is 191 Å². The van der Waals surface area contributed by atoms with Gasteiger partial charge in [0.05, 0.1) is 36.9 Å². The molecule has 0 saturated heterocycles. The Morgan fingerprint density at radius 1 is 1.03 bits per heavy atom. The maximum Gasteiger partial charge on any atom is 0.293 e. The smallest absolute Gasteiger partial charge is 0.293 e. The topological polar surface area (TPSA) is 116 Å². The van der Waals surface area contributed by atoms with Gasteiger partial charge in [-0.05, 0) is 50.2 Å². The summed E-state index contributed by atoms with van der Waals surface area (Å²) in [7, 11) is 3.09. The highest BCUT2D eigenvalue weighted by Gasteiger charge is 2.21. The maximum absolute atomic E-state index is 12.9. The number of pyridine rings is 1. The summed E-state index contributed by atoms with van der Waals surface area (Å²) in [5.74, 6) is 0.761. The number of nitrogens with zero attached hydrogens (tertiary/aromatic N) is 2. The zero-order valence-electron chi connectivity index (χ0n) is 18.9. The van der Waals surface area contributed by atoms with Crippen LogP contribution in [0.15, 0.2) is 60.8 Å². The Hall–Kier alpha value is -4.14. The van der Waals surface area contributed by atoms with Crippen LogP contribution in [0.5, 0.6) is 11.5 Å². The molecular weight excluding hydrogens is 424 g/mol. The van der Waals surface area contributed by atoms with Crippen LogP contribution >= 0.6 is 0 Å². The molecule has 0 radical (unpaired) electrons. The molecule has 0 spiro atoms. The molecule has 0 aliphatic carbocycles. The standard InChI is InChI=1S/C24H26N4O5/c1-15(19-10-9-18(32-3)14-23(19)33-4)27-24(29)17-8-11-21(22(13-17)28(30)31)26-16(2)20-7-5-6-12-25-20/h5-16,26H,1-4H3,(H,27,29). The van der Waals surface area contributed by atoms with E-state index in [2.05, 4.69) is 15.6 Å². The molecule has 2 N–H and O–H groups in total. The summed E-state index contributed by atoms with van der Waals surface area (Å²) in [4.78, 5) is 28.3. The minimum Gasteiger partial charge on any atom is -0.497 e. The molecule has 2 atom stereocenters. The third-order valence-electron chi connectivity index (χ3n) is 5.21. The van der Waals surface area contributed by atoms with Crippen molar-refractivity contribution in [3.8, 4) is 11.5 Å². The van der Waals surface area contributed by atoms with Gasteiger partial charge in [-0.3, -0.25) is 19.9 Å². The zero-order valence-corrected chi connectivity index (χ0v) is 18.9. The molecular formula is C24H26N4O5. The summed E-state index contributed by atoms with van der Waals surface area (Å²) in [5, 5.41) is 17.7. The number of rotatable bonds is 9. The molecule has 33 heavy (non-hydrogen) atoms. The number of carbonyl (C=O) groups excluding carboxylic acids is 1. The average molecular weight is 450 g/mol. The molecule has 0 saturated carbocycles. The highest BCUT2D eigenvalue weighted by molar-refractivity contribution is 5.96. The van der Waals surface area contributed by atoms with Crippen molar-refractivity contribution in [3.63, 3.8) is 0 Å². The number of aromatic nitrogens is 1. The molecule has 2 aromatic carbocycles. The van der Waals surface area contributed by atoms with E-state index >= 15 is 0 Å². The fraction of sp³-hybridized carbons (Fsp3) is 0.250. The number of anilines is 1. The van der Waals surface area contributed by atoms with E-state index in [1.807, 2.05) is 19.1 Å². The number of methoxy groups -OCH3 is 2. The number of carbonyl (C=O) groups is 1. The Morgan fingerprint density at radius 2 is 1.82 bits per heavy atom. The third kappa shape index (κ3) is 5.57. The van der Waals surface area contributed by atoms with Gasteiger partial charge in [-0.25, -0.2) is 0 Å². The van der Waals surface area contributed by atoms with Crippen LogP contribution in [0.2, 0.25) is 0 Å². The molecule has 3 aromatic rings. The predicted molar refractivity (Wildman–Crippen MR) is 125 cm³/mol. The van der Waals surface area contributed by atoms with Gasteiger partial charge < -0.3 is 20.1 Å². The molecule has 172 valence electrons. The highest BCUT2D eigenvalue weighted by Crippen LogP contribution is 2.31. The predicted octanol–water partition coefficient (Wildman–Crippen LogP) is 4.67. The molecule has 2 unspecified atom stereocenters. The molecule has 1 aromatic heterocycles. The molecule has 0 aliphatic rings. The minimum atomic E-state index is -0.514. The summed E-state index contributed by atoms with van der Waals surface area (Å²) in [6, 6.07) is 14.5. The van der Waals surface area contributed by atoms with Gasteiger partial charge in [0.1, 0.15) is 17.2 Å². The van der Waals surface area contributed by atoms with E-state index in [-0.39, 0.29) is 17.3 Å². The van der Waals surface area contributed by atoms with Crippen molar-refractivity contribution >= 4 is 17.3 Å². The first-order valence-electron chi connectivity index (χ1n) is 10.3. The fourth-order valence-electron chi connectivity index (χ4n) is 3.42. The highest BCUT2D eigenvalue weighted by atomic mass is 16.6. The Balaban J connectivity index is 1.80. The lowest BCUT2D eigenvalue weighted by Crippen LogP contribution is -2.27. The van der Waals surface area contributed by atoms with E-state index in [1.54, 1.807) is 50.6 Å². The average Bonchev–Trinajstić information content (AvgIpc) is 2.83. The lowest BCUT2D eigenvalue weighted by molar-refractivity contribution is -0.384. The fourth-order valence-corrected chi connectivity index (χ4v) is 3.42. The van der Waals surface area contributed by atoms with Gasteiger partial charge in [0.15, 0.2) is 0 Å². The molecule has 0 aliphatic heterocycles. The Morgan fingerprint density at radius 3 is 2.45 bits per heavy atom. The van der Waals surface area contributed by atoms with Crippen molar-refractivity contribution in [3.05, 3.63) is 87.7 Å². The largest absolute Gasteiger partial charge is 0.497 e. The summed E-state index contributed by atoms with van der Waals surface area (Å²) < 4.78 is 10.6. The minimum absolute atomic E-state index is 0.178. The van der Waals surface area contributed by atoms with Gasteiger partial charge in [-0.2, -0.15) is 0 Å². The first-order valence-corrected chi connectivity index (χ1v) is 10.3. The lowest BCUT2D eigenvalue weighted by Gasteiger charge is -2.18. The van der Waals surface area contributed by atoms with Gasteiger partial charge in [0.25, 0.3) is 11.6 Å². The van der Waals surface area contributed by atoms with Crippen molar-refractivity contribution < 1.29 is 19.2 Å². The van der Waals surface area contributed by atoms with Crippen LogP contribution in [0.1, 0.15) is 47.5 Å². The molecule has 1 amide bonds. The number of nitro groups is 1. The second-order valence-electron chi connectivity index (χ2n) is 7.41. The second-order valence-corrected chi connectivity index (χ2v) is 7.41. The van der Waals surface area contributed by atoms with Crippen LogP contribution in [-0.2, 0) is 0 Å². The number of nitro benzene ring substituents is 1. The van der Waals surface area contributed by atoms with E-state index in [0.29, 0.717) is 17.2 Å². The van der Waals surface area contributed by atoms with Gasteiger partial charge in [-0.1, -0.05) is 6.07 Å². The van der Waals surface area contributed by atoms with Gasteiger partial charge in [0, 0.05) is 29.5 Å². The van der Waals surface area contributed by atoms with E-state index in [9.17, 15) is 14.9 Å². The van der Waals surface area contributed by atoms with Gasteiger partial charge in [-0.15, -0.1) is 0 Å². The number of ether oxygens (including phenoxy) is 2. The molecule has 3 rings (SSSR count). The second kappa shape index (κ2) is 10.4. The van der Waals surface area contributed by atoms with Crippen molar-refractivity contribution in [1.29, 1.82) is 0 Å². The number of benzene rings is 2. The van der Waals surface area contributed by atoms with Crippen LogP contribution in [0.25, 0.3) is 0 Å². The lowest BCUT2D eigenvalue weighted by atomic mass is 10.1. The first-order chi connectivity index (χ1) is 15.8. The number of hydrogen-bond donors (Lipinski definition) is 2. The van der Waals surface area contributed by atoms with E-state index in [0.717, 1.165) is 11.3 Å². The van der Waals surface area contributed by atoms with Gasteiger partial charge >= 0.3 is 0 Å². The number of nitrogens with one attached hydrogen (secondary N) is 2. The normalized spacial score (nSPS) is 12.4. The first kappa shape index (κ1) is 23.5. The van der Waals surface area contributed by atoms with Gasteiger partial charge in [0.2, 0.25) is 0 Å². The zero-order chi connectivity index (χ0) is 24.0. The van der Waals surface area contributed by atoms with Crippen LogP contribution in [0.3, 0.4) is 0 Å². The van der Waals surface area contributed by atoms with Crippen molar-refractivity contribution in [2.24, 2.45) is 0 Å². The molecule has 0 fully saturated rings. The van der Waals surface area contributed by atoms with E-state index < -0.39 is 16.9 Å². The van der Waals surface area contributed by atoms with Crippen molar-refractivity contribution in [2.75, 3.05) is 19.5 Å². The molecule has 9 heteroatoms. The van der Waals surface area contributed by atoms with Crippen molar-refractivity contribution in [1.82, 2.24) is 10.3 Å². The van der Waals surface area contributed by atoms with Crippen LogP contribution in [-0.4, -0.2) is 30.0 Å². The monoisotopic (exact) mass is 450 g/mol. The number of amides is 1.